The summed E-state index contributed by atoms with van der Waals surface area (Å²) in [5.74, 6) is -0.921. The van der Waals surface area contributed by atoms with Crippen LogP contribution in [0.15, 0.2) is 18.2 Å². The van der Waals surface area contributed by atoms with Gasteiger partial charge in [0.15, 0.2) is 18.2 Å². The largest absolute Gasteiger partial charge is 0.479 e. The molecule has 1 unspecified atom stereocenters. The van der Waals surface area contributed by atoms with Gasteiger partial charge in [-0.2, -0.15) is 0 Å². The van der Waals surface area contributed by atoms with Gasteiger partial charge < -0.3 is 14.8 Å². The Balaban J connectivity index is 2.61. The van der Waals surface area contributed by atoms with Gasteiger partial charge in [-0.25, -0.2) is 9.18 Å². The van der Waals surface area contributed by atoms with Crippen molar-refractivity contribution in [1.82, 2.24) is 5.32 Å². The zero-order valence-electron chi connectivity index (χ0n) is 12.2. The SMILES string of the molecule is CCCNC(C)c1ccc(OCC(=O)OCC)c(F)c1. The molecule has 0 aliphatic heterocycles. The molecule has 0 aliphatic carbocycles. The number of carbonyl (C=O) groups is 1. The Morgan fingerprint density at radius 2 is 2.15 bits per heavy atom. The van der Waals surface area contributed by atoms with E-state index in [-0.39, 0.29) is 25.0 Å². The van der Waals surface area contributed by atoms with Crippen LogP contribution in [0.3, 0.4) is 0 Å². The Morgan fingerprint density at radius 1 is 1.40 bits per heavy atom. The average Bonchev–Trinajstić information content (AvgIpc) is 2.43. The molecule has 20 heavy (non-hydrogen) atoms. The van der Waals surface area contributed by atoms with E-state index in [2.05, 4.69) is 12.2 Å². The number of ether oxygens (including phenoxy) is 2. The molecular weight excluding hydrogens is 261 g/mol. The number of halogens is 1. The van der Waals surface area contributed by atoms with Gasteiger partial charge in [0.1, 0.15) is 0 Å². The summed E-state index contributed by atoms with van der Waals surface area (Å²) in [5, 5.41) is 3.28. The maximum Gasteiger partial charge on any atom is 0.344 e. The lowest BCUT2D eigenvalue weighted by atomic mass is 10.1. The van der Waals surface area contributed by atoms with Gasteiger partial charge in [0, 0.05) is 6.04 Å². The highest BCUT2D eigenvalue weighted by Crippen LogP contribution is 2.22. The molecule has 112 valence electrons. The Bertz CT molecular complexity index is 437. The molecular formula is C15H22FNO3. The van der Waals surface area contributed by atoms with E-state index in [1.807, 2.05) is 6.92 Å². The van der Waals surface area contributed by atoms with E-state index in [1.54, 1.807) is 13.0 Å². The molecule has 0 heterocycles. The van der Waals surface area contributed by atoms with Crippen molar-refractivity contribution in [2.75, 3.05) is 19.8 Å². The summed E-state index contributed by atoms with van der Waals surface area (Å²) in [6, 6.07) is 4.82. The molecule has 4 nitrogen and oxygen atoms in total. The standard InChI is InChI=1S/C15H22FNO3/c1-4-8-17-11(3)12-6-7-14(13(16)9-12)20-10-15(18)19-5-2/h6-7,9,11,17H,4-5,8,10H2,1-3H3. The Hall–Kier alpha value is -1.62. The van der Waals surface area contributed by atoms with Crippen LogP contribution in [0.25, 0.3) is 0 Å². The van der Waals surface area contributed by atoms with Crippen molar-refractivity contribution < 1.29 is 18.7 Å². The monoisotopic (exact) mass is 283 g/mol. The highest BCUT2D eigenvalue weighted by molar-refractivity contribution is 5.71. The summed E-state index contributed by atoms with van der Waals surface area (Å²) in [4.78, 5) is 11.1. The molecule has 0 radical (unpaired) electrons. The molecule has 0 spiro atoms. The zero-order chi connectivity index (χ0) is 15.0. The zero-order valence-corrected chi connectivity index (χ0v) is 12.2. The molecule has 1 N–H and O–H groups in total. The summed E-state index contributed by atoms with van der Waals surface area (Å²) in [6.45, 7) is 6.63. The number of esters is 1. The third kappa shape index (κ3) is 5.17. The molecule has 0 fully saturated rings. The fourth-order valence-electron chi connectivity index (χ4n) is 1.72. The van der Waals surface area contributed by atoms with Crippen LogP contribution in [0, 0.1) is 5.82 Å². The van der Waals surface area contributed by atoms with E-state index in [0.29, 0.717) is 0 Å². The molecule has 0 saturated carbocycles. The average molecular weight is 283 g/mol. The van der Waals surface area contributed by atoms with E-state index in [4.69, 9.17) is 9.47 Å². The maximum absolute atomic E-state index is 13.9. The Labute approximate surface area is 119 Å². The Morgan fingerprint density at radius 3 is 2.75 bits per heavy atom. The summed E-state index contributed by atoms with van der Waals surface area (Å²) < 4.78 is 23.7. The molecule has 0 aromatic heterocycles. The molecule has 0 saturated heterocycles. The minimum absolute atomic E-state index is 0.0597. The molecule has 1 rings (SSSR count). The van der Waals surface area contributed by atoms with Crippen LogP contribution in [0.2, 0.25) is 0 Å². The van der Waals surface area contributed by atoms with Gasteiger partial charge in [0.25, 0.3) is 0 Å². The third-order valence-corrected chi connectivity index (χ3v) is 2.81. The first-order chi connectivity index (χ1) is 9.58. The summed E-state index contributed by atoms with van der Waals surface area (Å²) in [7, 11) is 0. The number of hydrogen-bond acceptors (Lipinski definition) is 4. The van der Waals surface area contributed by atoms with Crippen LogP contribution in [-0.4, -0.2) is 25.7 Å². The number of carbonyl (C=O) groups excluding carboxylic acids is 1. The maximum atomic E-state index is 13.9. The highest BCUT2D eigenvalue weighted by atomic mass is 19.1. The van der Waals surface area contributed by atoms with E-state index in [0.717, 1.165) is 18.5 Å². The minimum Gasteiger partial charge on any atom is -0.479 e. The van der Waals surface area contributed by atoms with Crippen molar-refractivity contribution in [2.45, 2.75) is 33.2 Å². The van der Waals surface area contributed by atoms with Crippen LogP contribution in [0.1, 0.15) is 38.8 Å². The van der Waals surface area contributed by atoms with E-state index in [9.17, 15) is 9.18 Å². The lowest BCUT2D eigenvalue weighted by Crippen LogP contribution is -2.19. The summed E-state index contributed by atoms with van der Waals surface area (Å²) >= 11 is 0. The lowest BCUT2D eigenvalue weighted by molar-refractivity contribution is -0.145. The van der Waals surface area contributed by atoms with Gasteiger partial charge in [-0.1, -0.05) is 13.0 Å². The second kappa shape index (κ2) is 8.53. The van der Waals surface area contributed by atoms with E-state index < -0.39 is 11.8 Å². The third-order valence-electron chi connectivity index (χ3n) is 2.81. The lowest BCUT2D eigenvalue weighted by Gasteiger charge is -2.15. The van der Waals surface area contributed by atoms with Crippen molar-refractivity contribution in [3.63, 3.8) is 0 Å². The van der Waals surface area contributed by atoms with Gasteiger partial charge in [0.2, 0.25) is 0 Å². The Kier molecular flexibility index (Phi) is 7.01. The fourth-order valence-corrected chi connectivity index (χ4v) is 1.72. The van der Waals surface area contributed by atoms with Crippen LogP contribution < -0.4 is 10.1 Å². The van der Waals surface area contributed by atoms with Gasteiger partial charge in [0.05, 0.1) is 6.61 Å². The predicted molar refractivity (Wildman–Crippen MR) is 75.2 cm³/mol. The second-order valence-electron chi connectivity index (χ2n) is 4.46. The number of hydrogen-bond donors (Lipinski definition) is 1. The summed E-state index contributed by atoms with van der Waals surface area (Å²) in [5.41, 5.74) is 0.847. The van der Waals surface area contributed by atoms with Crippen molar-refractivity contribution in [2.24, 2.45) is 0 Å². The van der Waals surface area contributed by atoms with E-state index >= 15 is 0 Å². The number of rotatable bonds is 8. The van der Waals surface area contributed by atoms with Crippen molar-refractivity contribution >= 4 is 5.97 Å². The van der Waals surface area contributed by atoms with E-state index in [1.165, 1.54) is 12.1 Å². The topological polar surface area (TPSA) is 47.6 Å². The van der Waals surface area contributed by atoms with Gasteiger partial charge in [-0.05, 0) is 44.5 Å². The molecule has 1 aromatic carbocycles. The van der Waals surface area contributed by atoms with Crippen LogP contribution in [0.5, 0.6) is 5.75 Å². The quantitative estimate of drug-likeness (QED) is 0.745. The second-order valence-corrected chi connectivity index (χ2v) is 4.46. The van der Waals surface area contributed by atoms with Gasteiger partial charge in [-0.3, -0.25) is 0 Å². The number of benzene rings is 1. The van der Waals surface area contributed by atoms with Crippen molar-refractivity contribution in [3.05, 3.63) is 29.6 Å². The van der Waals surface area contributed by atoms with Crippen molar-refractivity contribution in [3.8, 4) is 5.75 Å². The van der Waals surface area contributed by atoms with Gasteiger partial charge in [-0.15, -0.1) is 0 Å². The molecule has 1 atom stereocenters. The molecule has 0 aliphatic rings. The molecule has 0 bridgehead atoms. The van der Waals surface area contributed by atoms with Crippen LogP contribution in [-0.2, 0) is 9.53 Å². The molecule has 0 amide bonds. The van der Waals surface area contributed by atoms with Crippen molar-refractivity contribution in [1.29, 1.82) is 0 Å². The first-order valence-corrected chi connectivity index (χ1v) is 6.89. The smallest absolute Gasteiger partial charge is 0.344 e. The minimum atomic E-state index is -0.506. The fraction of sp³-hybridized carbons (Fsp3) is 0.533. The van der Waals surface area contributed by atoms with Crippen LogP contribution in [0.4, 0.5) is 4.39 Å². The first kappa shape index (κ1) is 16.4. The molecule has 1 aromatic rings. The highest BCUT2D eigenvalue weighted by Gasteiger charge is 2.11. The van der Waals surface area contributed by atoms with Gasteiger partial charge >= 0.3 is 5.97 Å². The first-order valence-electron chi connectivity index (χ1n) is 6.89. The number of nitrogens with one attached hydrogen (secondary N) is 1. The normalized spacial score (nSPS) is 12.0. The molecule has 5 heteroatoms. The van der Waals surface area contributed by atoms with Crippen LogP contribution >= 0.6 is 0 Å². The summed E-state index contributed by atoms with van der Waals surface area (Å²) in [6.07, 6.45) is 1.02. The predicted octanol–water partition coefficient (Wildman–Crippen LogP) is 2.83.